The van der Waals surface area contributed by atoms with E-state index in [9.17, 15) is 9.90 Å². The zero-order valence-corrected chi connectivity index (χ0v) is 13.7. The maximum absolute atomic E-state index is 12.1. The minimum atomic E-state index is -0.915. The second-order valence-corrected chi connectivity index (χ2v) is 6.44. The van der Waals surface area contributed by atoms with Gasteiger partial charge in [0.05, 0.1) is 24.4 Å². The molecule has 2 N–H and O–H groups in total. The van der Waals surface area contributed by atoms with Gasteiger partial charge >= 0.3 is 5.97 Å². The number of hydrogen-bond donors (Lipinski definition) is 2. The van der Waals surface area contributed by atoms with Crippen LogP contribution in [-0.4, -0.2) is 53.0 Å². The predicted molar refractivity (Wildman–Crippen MR) is 82.9 cm³/mol. The van der Waals surface area contributed by atoms with Crippen LogP contribution in [0, 0.1) is 0 Å². The number of carbonyl (C=O) groups excluding carboxylic acids is 1. The Morgan fingerprint density at radius 1 is 1.30 bits per heavy atom. The smallest absolute Gasteiger partial charge is 0.338 e. The standard InChI is InChI=1S/C17H24O6/c1-16(2)22-14(9-13(19)10-18)17(3,23-16)11-21-15(20)12-7-5-4-6-8-12/h4-8,13-14,18-19H,9-11H2,1-3H3/t13-,14-,17-/m1/s1. The van der Waals surface area contributed by atoms with Gasteiger partial charge in [-0.3, -0.25) is 0 Å². The molecule has 0 bridgehead atoms. The zero-order chi connectivity index (χ0) is 17.1. The molecule has 1 aliphatic heterocycles. The van der Waals surface area contributed by atoms with Crippen LogP contribution >= 0.6 is 0 Å². The molecule has 1 aromatic rings. The van der Waals surface area contributed by atoms with E-state index in [1.807, 2.05) is 6.07 Å². The van der Waals surface area contributed by atoms with E-state index in [2.05, 4.69) is 0 Å². The molecule has 2 rings (SSSR count). The summed E-state index contributed by atoms with van der Waals surface area (Å²) in [7, 11) is 0. The summed E-state index contributed by atoms with van der Waals surface area (Å²) in [6, 6.07) is 8.69. The molecular weight excluding hydrogens is 300 g/mol. The van der Waals surface area contributed by atoms with E-state index in [1.54, 1.807) is 45.0 Å². The van der Waals surface area contributed by atoms with Crippen molar-refractivity contribution in [1.29, 1.82) is 0 Å². The van der Waals surface area contributed by atoms with E-state index >= 15 is 0 Å². The lowest BCUT2D eigenvalue weighted by Gasteiger charge is -2.29. The van der Waals surface area contributed by atoms with Gasteiger partial charge in [0, 0.05) is 6.42 Å². The number of hydrogen-bond acceptors (Lipinski definition) is 6. The Kier molecular flexibility index (Phi) is 5.41. The van der Waals surface area contributed by atoms with E-state index in [4.69, 9.17) is 19.3 Å². The third-order valence-electron chi connectivity index (χ3n) is 3.78. The van der Waals surface area contributed by atoms with Crippen LogP contribution in [0.3, 0.4) is 0 Å². The summed E-state index contributed by atoms with van der Waals surface area (Å²) in [5, 5.41) is 18.7. The fraction of sp³-hybridized carbons (Fsp3) is 0.588. The van der Waals surface area contributed by atoms with Crippen LogP contribution in [0.4, 0.5) is 0 Å². The number of rotatable bonds is 6. The van der Waals surface area contributed by atoms with Gasteiger partial charge in [0.15, 0.2) is 5.79 Å². The molecule has 3 atom stereocenters. The Hall–Kier alpha value is -1.47. The van der Waals surface area contributed by atoms with Crippen LogP contribution in [0.1, 0.15) is 37.6 Å². The molecule has 1 heterocycles. The van der Waals surface area contributed by atoms with Crippen molar-refractivity contribution in [2.24, 2.45) is 0 Å². The molecule has 0 amide bonds. The van der Waals surface area contributed by atoms with Crippen molar-refractivity contribution in [1.82, 2.24) is 0 Å². The normalized spacial score (nSPS) is 27.6. The van der Waals surface area contributed by atoms with Gasteiger partial charge in [-0.25, -0.2) is 4.79 Å². The molecule has 0 radical (unpaired) electrons. The molecule has 6 heteroatoms. The Balaban J connectivity index is 2.04. The monoisotopic (exact) mass is 324 g/mol. The number of aliphatic hydroxyl groups excluding tert-OH is 2. The third-order valence-corrected chi connectivity index (χ3v) is 3.78. The van der Waals surface area contributed by atoms with Crippen LogP contribution < -0.4 is 0 Å². The minimum absolute atomic E-state index is 0.00697. The van der Waals surface area contributed by atoms with E-state index < -0.39 is 29.6 Å². The largest absolute Gasteiger partial charge is 0.459 e. The van der Waals surface area contributed by atoms with Crippen molar-refractivity contribution in [3.63, 3.8) is 0 Å². The van der Waals surface area contributed by atoms with Crippen LogP contribution in [0.25, 0.3) is 0 Å². The molecule has 128 valence electrons. The summed E-state index contributed by atoms with van der Waals surface area (Å²) in [6.45, 7) is 4.92. The van der Waals surface area contributed by atoms with Gasteiger partial charge in [0.2, 0.25) is 0 Å². The molecule has 0 saturated carbocycles. The minimum Gasteiger partial charge on any atom is -0.459 e. The van der Waals surface area contributed by atoms with Gasteiger partial charge in [0.1, 0.15) is 12.2 Å². The summed E-state index contributed by atoms with van der Waals surface area (Å²) in [5.41, 5.74) is -0.439. The van der Waals surface area contributed by atoms with Gasteiger partial charge < -0.3 is 24.4 Å². The number of carbonyl (C=O) groups is 1. The highest BCUT2D eigenvalue weighted by atomic mass is 16.8. The SMILES string of the molecule is CC1(C)O[C@H](C[C@@H](O)CO)[C@@](C)(COC(=O)c2ccccc2)O1. The molecule has 1 aliphatic rings. The van der Waals surface area contributed by atoms with Crippen molar-refractivity contribution in [3.8, 4) is 0 Å². The highest BCUT2D eigenvalue weighted by Crippen LogP contribution is 2.38. The molecular formula is C17H24O6. The average Bonchev–Trinajstić information content (AvgIpc) is 2.74. The molecule has 0 spiro atoms. The Morgan fingerprint density at radius 2 is 1.96 bits per heavy atom. The first-order valence-corrected chi connectivity index (χ1v) is 7.65. The average molecular weight is 324 g/mol. The number of benzene rings is 1. The summed E-state index contributed by atoms with van der Waals surface area (Å²) in [4.78, 5) is 12.1. The van der Waals surface area contributed by atoms with Crippen molar-refractivity contribution < 1.29 is 29.2 Å². The first-order valence-electron chi connectivity index (χ1n) is 7.65. The van der Waals surface area contributed by atoms with E-state index in [-0.39, 0.29) is 19.6 Å². The fourth-order valence-corrected chi connectivity index (χ4v) is 2.73. The van der Waals surface area contributed by atoms with Crippen LogP contribution in [0.5, 0.6) is 0 Å². The second-order valence-electron chi connectivity index (χ2n) is 6.44. The topological polar surface area (TPSA) is 85.2 Å². The summed E-state index contributed by atoms with van der Waals surface area (Å²) < 4.78 is 17.0. The lowest BCUT2D eigenvalue weighted by molar-refractivity contribution is -0.167. The first-order chi connectivity index (χ1) is 10.8. The van der Waals surface area contributed by atoms with Crippen LogP contribution in [0.15, 0.2) is 30.3 Å². The van der Waals surface area contributed by atoms with E-state index in [0.29, 0.717) is 5.56 Å². The van der Waals surface area contributed by atoms with Crippen molar-refractivity contribution in [3.05, 3.63) is 35.9 Å². The number of esters is 1. The Bertz CT molecular complexity index is 529. The maximum atomic E-state index is 12.1. The highest BCUT2D eigenvalue weighted by molar-refractivity contribution is 5.89. The van der Waals surface area contributed by atoms with Gasteiger partial charge in [-0.1, -0.05) is 18.2 Å². The highest BCUT2D eigenvalue weighted by Gasteiger charge is 2.51. The Morgan fingerprint density at radius 3 is 2.57 bits per heavy atom. The molecule has 1 fully saturated rings. The van der Waals surface area contributed by atoms with Gasteiger partial charge in [-0.05, 0) is 32.9 Å². The third kappa shape index (κ3) is 4.51. The fourth-order valence-electron chi connectivity index (χ4n) is 2.73. The summed E-state index contributed by atoms with van der Waals surface area (Å²) in [5.74, 6) is -1.30. The Labute approximate surface area is 136 Å². The van der Waals surface area contributed by atoms with E-state index in [1.165, 1.54) is 0 Å². The van der Waals surface area contributed by atoms with Crippen molar-refractivity contribution in [2.45, 2.75) is 50.8 Å². The molecule has 0 aliphatic carbocycles. The molecule has 23 heavy (non-hydrogen) atoms. The van der Waals surface area contributed by atoms with Crippen molar-refractivity contribution >= 4 is 5.97 Å². The molecule has 1 aromatic carbocycles. The second kappa shape index (κ2) is 6.97. The first kappa shape index (κ1) is 17.9. The maximum Gasteiger partial charge on any atom is 0.338 e. The molecule has 1 saturated heterocycles. The number of aliphatic hydroxyl groups is 2. The van der Waals surface area contributed by atoms with E-state index in [0.717, 1.165) is 0 Å². The molecule has 6 nitrogen and oxygen atoms in total. The van der Waals surface area contributed by atoms with Crippen molar-refractivity contribution in [2.75, 3.05) is 13.2 Å². The molecule has 0 unspecified atom stereocenters. The molecule has 0 aromatic heterocycles. The van der Waals surface area contributed by atoms with Gasteiger partial charge in [0.25, 0.3) is 0 Å². The lowest BCUT2D eigenvalue weighted by Crippen LogP contribution is -2.44. The quantitative estimate of drug-likeness (QED) is 0.771. The van der Waals surface area contributed by atoms with Crippen LogP contribution in [0.2, 0.25) is 0 Å². The van der Waals surface area contributed by atoms with Gasteiger partial charge in [-0.2, -0.15) is 0 Å². The lowest BCUT2D eigenvalue weighted by atomic mass is 9.95. The summed E-state index contributed by atoms with van der Waals surface area (Å²) in [6.07, 6.45) is -1.22. The van der Waals surface area contributed by atoms with Gasteiger partial charge in [-0.15, -0.1) is 0 Å². The van der Waals surface area contributed by atoms with Crippen LogP contribution in [-0.2, 0) is 14.2 Å². The summed E-state index contributed by atoms with van der Waals surface area (Å²) >= 11 is 0. The predicted octanol–water partition coefficient (Wildman–Crippen LogP) is 1.50. The zero-order valence-electron chi connectivity index (χ0n) is 13.7. The number of ether oxygens (including phenoxy) is 3.